The van der Waals surface area contributed by atoms with Gasteiger partial charge < -0.3 is 13.9 Å². The van der Waals surface area contributed by atoms with Crippen molar-refractivity contribution in [1.29, 1.82) is 0 Å². The van der Waals surface area contributed by atoms with Crippen molar-refractivity contribution in [1.82, 2.24) is 14.1 Å². The average molecular weight is 1280 g/mol. The van der Waals surface area contributed by atoms with Crippen LogP contribution in [0.2, 0.25) is 0 Å². The molecule has 0 fully saturated rings. The molecule has 0 N–H and O–H groups in total. The fourth-order valence-electron chi connectivity index (χ4n) is 11.4. The summed E-state index contributed by atoms with van der Waals surface area (Å²) in [5.74, 6) is 1.38. The van der Waals surface area contributed by atoms with Gasteiger partial charge in [-0.05, 0) is 167 Å². The van der Waals surface area contributed by atoms with E-state index in [-0.39, 0.29) is 65.5 Å². The number of aromatic nitrogens is 4. The fourth-order valence-corrected chi connectivity index (χ4v) is 11.4. The van der Waals surface area contributed by atoms with Crippen molar-refractivity contribution < 1.29 is 56.4 Å². The summed E-state index contributed by atoms with van der Waals surface area (Å²) in [5.41, 5.74) is 4.22. The molecule has 1 aliphatic rings. The minimum Gasteiger partial charge on any atom is -0.510 e. The van der Waals surface area contributed by atoms with E-state index in [0.717, 1.165) is 27.4 Å². The second kappa shape index (κ2) is 20.9. The van der Waals surface area contributed by atoms with E-state index in [1.54, 1.807) is 57.7 Å². The Kier molecular flexibility index (Phi) is 8.82. The molecule has 0 bridgehead atoms. The van der Waals surface area contributed by atoms with Crippen LogP contribution in [0, 0.1) is 32.2 Å². The third-order valence-corrected chi connectivity index (χ3v) is 15.2. The quantitative estimate of drug-likeness (QED) is 0.112. The van der Waals surface area contributed by atoms with E-state index in [2.05, 4.69) is 55.9 Å². The molecule has 0 amide bonds. The maximum Gasteiger partial charge on any atom is 0.268 e. The van der Waals surface area contributed by atoms with Crippen LogP contribution in [0.4, 0.5) is 0 Å². The van der Waals surface area contributed by atoms with Crippen LogP contribution in [-0.2, 0) is 26.5 Å². The van der Waals surface area contributed by atoms with Crippen molar-refractivity contribution in [3.8, 4) is 107 Å². The van der Waals surface area contributed by atoms with E-state index >= 15 is 0 Å². The molecular formula is C78H56N4OPt-2. The zero-order chi connectivity index (χ0) is 72.2. The molecule has 0 unspecified atom stereocenters. The van der Waals surface area contributed by atoms with Gasteiger partial charge in [-0.3, -0.25) is 4.57 Å². The van der Waals surface area contributed by atoms with Crippen molar-refractivity contribution >= 4 is 32.8 Å². The monoisotopic (exact) mass is 1280 g/mol. The molecule has 11 aromatic carbocycles. The number of hydrogen-bond acceptors (Lipinski definition) is 2. The van der Waals surface area contributed by atoms with Crippen LogP contribution < -0.4 is 9.30 Å². The summed E-state index contributed by atoms with van der Waals surface area (Å²) in [6.45, 7) is 0.653. The molecule has 0 saturated carbocycles. The van der Waals surface area contributed by atoms with E-state index in [9.17, 15) is 4.11 Å². The summed E-state index contributed by atoms with van der Waals surface area (Å²) in [4.78, 5) is 4.85. The van der Waals surface area contributed by atoms with E-state index in [1.807, 2.05) is 91.1 Å². The summed E-state index contributed by atoms with van der Waals surface area (Å²) in [6.07, 6.45) is 5.45. The van der Waals surface area contributed by atoms with Gasteiger partial charge in [0.05, 0.1) is 34.5 Å². The third-order valence-electron chi connectivity index (χ3n) is 15.2. The molecule has 4 heterocycles. The number of benzene rings is 11. The second-order valence-electron chi connectivity index (χ2n) is 21.3. The third kappa shape index (κ3) is 8.99. The first-order chi connectivity index (χ1) is 48.5. The van der Waals surface area contributed by atoms with Crippen LogP contribution in [0.3, 0.4) is 0 Å². The number of nitrogens with zero attached hydrogens (tertiary/aromatic N) is 4. The van der Waals surface area contributed by atoms with Crippen molar-refractivity contribution in [2.45, 2.75) is 39.9 Å². The van der Waals surface area contributed by atoms with Crippen LogP contribution >= 0.6 is 0 Å². The Balaban J connectivity index is 0.00000897. The van der Waals surface area contributed by atoms with Gasteiger partial charge in [-0.15, -0.1) is 29.7 Å². The summed E-state index contributed by atoms with van der Waals surface area (Å²) in [6, 6.07) is 45.6. The number of rotatable bonds is 8. The summed E-state index contributed by atoms with van der Waals surface area (Å²) in [5, 5.41) is 1.93. The van der Waals surface area contributed by atoms with Crippen LogP contribution in [0.1, 0.15) is 63.5 Å². The standard InChI is InChI=1S/C78H56N4O.Pt/c1-50-20-16-21-51(2)75(50)69-33-18-31-68-70-45-54(57-43-55(52-22-8-6-9-23-52)42-56(44-57)53-24-10-7-11-25-53)36-38-64(70)62-28-12-13-29-63(62)67-32-19-35-72-77(67)81(76(68)69)49-80(72)59-26-17-27-60(47-59)83-61-37-39-66-65-30-14-15-34-71(65)82(73(66)48-61)74-46-58(40-41-79-74)78(3,4)5;/h6-46H,1-5H3;/q-2;/i1D3,2D3,6D,7D,8D,9D,10D,11D,22D,23D,24D,25D,42D,43D,44D;. The van der Waals surface area contributed by atoms with E-state index in [1.165, 1.54) is 18.2 Å². The molecule has 14 aromatic rings. The molecule has 0 spiro atoms. The van der Waals surface area contributed by atoms with Gasteiger partial charge in [-0.25, -0.2) is 4.98 Å². The number of para-hydroxylation sites is 3. The molecule has 15 rings (SSSR count). The maximum atomic E-state index is 10.1. The molecule has 6 heteroatoms. The Bertz CT molecular complexity index is 5760. The molecule has 0 atom stereocenters. The van der Waals surface area contributed by atoms with Gasteiger partial charge >= 0.3 is 0 Å². The molecule has 84 heavy (non-hydrogen) atoms. The van der Waals surface area contributed by atoms with Crippen LogP contribution in [-0.4, -0.2) is 14.1 Å². The summed E-state index contributed by atoms with van der Waals surface area (Å²) < 4.78 is 185. The van der Waals surface area contributed by atoms with Gasteiger partial charge in [0.25, 0.3) is 6.33 Å². The first-order valence-corrected chi connectivity index (χ1v) is 26.9. The minimum absolute atomic E-state index is 0. The molecule has 0 radical (unpaired) electrons. The Labute approximate surface area is 531 Å². The van der Waals surface area contributed by atoms with Crippen molar-refractivity contribution in [2.24, 2.45) is 0 Å². The van der Waals surface area contributed by atoms with Crippen molar-refractivity contribution in [3.63, 3.8) is 0 Å². The number of ether oxygens (including phenoxy) is 1. The Morgan fingerprint density at radius 1 is 0.512 bits per heavy atom. The number of imidazole rings is 1. The first-order valence-electron chi connectivity index (χ1n) is 36.4. The van der Waals surface area contributed by atoms with Gasteiger partial charge in [-0.1, -0.05) is 196 Å². The first kappa shape index (κ1) is 35.4. The Morgan fingerprint density at radius 3 is 1.86 bits per heavy atom. The van der Waals surface area contributed by atoms with E-state index in [4.69, 9.17) is 31.7 Å². The number of fused-ring (bicyclic) bond motifs is 10. The Morgan fingerprint density at radius 2 is 1.12 bits per heavy atom. The van der Waals surface area contributed by atoms with E-state index < -0.39 is 115 Å². The summed E-state index contributed by atoms with van der Waals surface area (Å²) in [7, 11) is 0. The fraction of sp³-hybridized carbons (Fsp3) is 0.0769. The number of hydrogen-bond donors (Lipinski definition) is 0. The van der Waals surface area contributed by atoms with Gasteiger partial charge in [-0.2, -0.15) is 18.2 Å². The van der Waals surface area contributed by atoms with Gasteiger partial charge in [0.15, 0.2) is 0 Å². The van der Waals surface area contributed by atoms with E-state index in [0.29, 0.717) is 67.4 Å². The maximum absolute atomic E-state index is 10.1. The molecule has 0 aliphatic carbocycles. The molecule has 1 aliphatic heterocycles. The van der Waals surface area contributed by atoms with Crippen molar-refractivity contribution in [2.75, 3.05) is 0 Å². The molecule has 5 nitrogen and oxygen atoms in total. The van der Waals surface area contributed by atoms with Gasteiger partial charge in [0.2, 0.25) is 0 Å². The minimum atomic E-state index is -2.90. The molecular weight excluding hydrogens is 1200 g/mol. The summed E-state index contributed by atoms with van der Waals surface area (Å²) >= 11 is 0. The van der Waals surface area contributed by atoms with Crippen molar-refractivity contribution in [3.05, 3.63) is 284 Å². The smallest absolute Gasteiger partial charge is 0.268 e. The topological polar surface area (TPSA) is 35.9 Å². The zero-order valence-corrected chi connectivity index (χ0v) is 47.5. The number of aryl methyl sites for hydroxylation is 2. The second-order valence-corrected chi connectivity index (χ2v) is 21.3. The average Bonchev–Trinajstić information content (AvgIpc) is 1.46. The SMILES string of the molecule is [2H]c1c([2H])c([2H])c(-c2c([2H])c(-c3ccc4c(c3)-c3cccc(-c5c(C([2H])([2H])[2H])cccc5C([2H])([2H])[2H])c3-[n+]3[c-]n(-c5[c-]c(Oc6[c-]c7c(cc6)c6ccccc6n7-c6cc(C(C)(C)C)ccn6)ccc5)c5cccc(c53)-c3ccccc3-4)c([2H])c(-c3c([2H])c([2H])c([2H])c([2H])c3[2H])c2[2H])c([2H])c1[2H].[Pt]. The predicted molar refractivity (Wildman–Crippen MR) is 340 cm³/mol. The molecule has 3 aromatic heterocycles. The van der Waals surface area contributed by atoms with Crippen LogP contribution in [0.15, 0.2) is 249 Å². The Hall–Kier alpha value is -9.67. The van der Waals surface area contributed by atoms with Crippen LogP contribution in [0.5, 0.6) is 11.5 Å². The number of pyridine rings is 1. The molecule has 0 saturated heterocycles. The van der Waals surface area contributed by atoms with Crippen LogP contribution in [0.25, 0.3) is 128 Å². The normalized spacial score (nSPS) is 15.3. The largest absolute Gasteiger partial charge is 0.510 e. The predicted octanol–water partition coefficient (Wildman–Crippen LogP) is 19.5. The van der Waals surface area contributed by atoms with Gasteiger partial charge in [0, 0.05) is 52.5 Å². The van der Waals surface area contributed by atoms with Gasteiger partial charge in [0.1, 0.15) is 5.82 Å². The zero-order valence-electron chi connectivity index (χ0n) is 64.2. The molecule has 406 valence electrons.